The molecule has 3 aromatic rings. The highest BCUT2D eigenvalue weighted by Crippen LogP contribution is 2.28. The average Bonchev–Trinajstić information content (AvgIpc) is 3.03. The van der Waals surface area contributed by atoms with Crippen LogP contribution < -0.4 is 5.32 Å². The lowest BCUT2D eigenvalue weighted by atomic mass is 10.2. The van der Waals surface area contributed by atoms with Crippen LogP contribution in [0.15, 0.2) is 69.9 Å². The normalized spacial score (nSPS) is 10.3. The van der Waals surface area contributed by atoms with E-state index in [2.05, 4.69) is 26.2 Å². The standard InChI is InChI=1S/C17H13BrN2O3/c18-14-8-6-13(7-9-14)15-16(19-11-23-15)20-17(21)22-10-12-4-2-1-3-5-12/h1-9,11H,10H2,(H,20,21). The molecule has 1 heterocycles. The molecular weight excluding hydrogens is 360 g/mol. The van der Waals surface area contributed by atoms with Crippen LogP contribution in [0, 0.1) is 0 Å². The quantitative estimate of drug-likeness (QED) is 0.710. The predicted molar refractivity (Wildman–Crippen MR) is 89.9 cm³/mol. The van der Waals surface area contributed by atoms with Gasteiger partial charge in [-0.1, -0.05) is 46.3 Å². The average molecular weight is 373 g/mol. The summed E-state index contributed by atoms with van der Waals surface area (Å²) in [5.41, 5.74) is 1.72. The highest BCUT2D eigenvalue weighted by Gasteiger charge is 2.14. The molecule has 0 fully saturated rings. The zero-order valence-electron chi connectivity index (χ0n) is 12.0. The molecule has 0 saturated carbocycles. The van der Waals surface area contributed by atoms with Gasteiger partial charge in [-0.25, -0.2) is 4.79 Å². The van der Waals surface area contributed by atoms with Crippen molar-refractivity contribution in [1.82, 2.24) is 4.98 Å². The third kappa shape index (κ3) is 3.98. The molecule has 0 aliphatic rings. The molecule has 1 N–H and O–H groups in total. The van der Waals surface area contributed by atoms with E-state index in [1.54, 1.807) is 0 Å². The Bertz CT molecular complexity index is 785. The van der Waals surface area contributed by atoms with Gasteiger partial charge in [0.2, 0.25) is 0 Å². The molecule has 23 heavy (non-hydrogen) atoms. The zero-order chi connectivity index (χ0) is 16.1. The summed E-state index contributed by atoms with van der Waals surface area (Å²) >= 11 is 3.37. The molecule has 116 valence electrons. The highest BCUT2D eigenvalue weighted by molar-refractivity contribution is 9.10. The maximum Gasteiger partial charge on any atom is 0.413 e. The van der Waals surface area contributed by atoms with Crippen molar-refractivity contribution in [2.75, 3.05) is 5.32 Å². The van der Waals surface area contributed by atoms with Crippen LogP contribution in [0.3, 0.4) is 0 Å². The number of nitrogens with one attached hydrogen (secondary N) is 1. The molecule has 2 aromatic carbocycles. The Balaban J connectivity index is 1.65. The van der Waals surface area contributed by atoms with Crippen LogP contribution in [0.5, 0.6) is 0 Å². The summed E-state index contributed by atoms with van der Waals surface area (Å²) in [4.78, 5) is 15.9. The summed E-state index contributed by atoms with van der Waals surface area (Å²) in [6, 6.07) is 17.0. The van der Waals surface area contributed by atoms with Gasteiger partial charge < -0.3 is 9.15 Å². The van der Waals surface area contributed by atoms with Gasteiger partial charge in [-0.3, -0.25) is 5.32 Å². The monoisotopic (exact) mass is 372 g/mol. The molecule has 3 rings (SSSR count). The summed E-state index contributed by atoms with van der Waals surface area (Å²) in [6.07, 6.45) is 0.700. The first kappa shape index (κ1) is 15.3. The van der Waals surface area contributed by atoms with Gasteiger partial charge in [0, 0.05) is 10.0 Å². The van der Waals surface area contributed by atoms with Crippen molar-refractivity contribution in [2.24, 2.45) is 0 Å². The van der Waals surface area contributed by atoms with Crippen molar-refractivity contribution in [3.05, 3.63) is 71.0 Å². The third-order valence-electron chi connectivity index (χ3n) is 3.11. The van der Waals surface area contributed by atoms with Crippen LogP contribution in [0.2, 0.25) is 0 Å². The number of aromatic nitrogens is 1. The van der Waals surface area contributed by atoms with Gasteiger partial charge in [-0.15, -0.1) is 0 Å². The first-order valence-corrected chi connectivity index (χ1v) is 7.69. The van der Waals surface area contributed by atoms with Gasteiger partial charge in [0.15, 0.2) is 18.0 Å². The molecule has 1 aromatic heterocycles. The van der Waals surface area contributed by atoms with Crippen molar-refractivity contribution in [1.29, 1.82) is 0 Å². The first-order chi connectivity index (χ1) is 11.2. The largest absolute Gasteiger partial charge is 0.444 e. The molecular formula is C17H13BrN2O3. The number of hydrogen-bond acceptors (Lipinski definition) is 4. The Morgan fingerprint density at radius 2 is 1.87 bits per heavy atom. The summed E-state index contributed by atoms with van der Waals surface area (Å²) in [5, 5.41) is 2.60. The molecule has 0 saturated heterocycles. The van der Waals surface area contributed by atoms with Gasteiger partial charge in [-0.2, -0.15) is 4.98 Å². The fourth-order valence-electron chi connectivity index (χ4n) is 2.00. The van der Waals surface area contributed by atoms with E-state index in [0.717, 1.165) is 15.6 Å². The number of benzene rings is 2. The second-order valence-electron chi connectivity index (χ2n) is 4.72. The van der Waals surface area contributed by atoms with Gasteiger partial charge in [-0.05, 0) is 29.8 Å². The van der Waals surface area contributed by atoms with Crippen molar-refractivity contribution in [3.8, 4) is 11.3 Å². The van der Waals surface area contributed by atoms with Crippen molar-refractivity contribution >= 4 is 27.8 Å². The Hall–Kier alpha value is -2.60. The molecule has 5 nitrogen and oxygen atoms in total. The van der Waals surface area contributed by atoms with E-state index in [-0.39, 0.29) is 6.61 Å². The summed E-state index contributed by atoms with van der Waals surface area (Å²) < 4.78 is 11.5. The Morgan fingerprint density at radius 1 is 1.13 bits per heavy atom. The number of rotatable bonds is 4. The minimum absolute atomic E-state index is 0.193. The lowest BCUT2D eigenvalue weighted by Crippen LogP contribution is -2.14. The SMILES string of the molecule is O=C(Nc1ncoc1-c1ccc(Br)cc1)OCc1ccccc1. The van der Waals surface area contributed by atoms with E-state index in [0.29, 0.717) is 11.6 Å². The predicted octanol–water partition coefficient (Wildman–Crippen LogP) is 4.85. The van der Waals surface area contributed by atoms with Gasteiger partial charge in [0.1, 0.15) is 6.61 Å². The summed E-state index contributed by atoms with van der Waals surface area (Å²) in [5.74, 6) is 0.805. The van der Waals surface area contributed by atoms with E-state index < -0.39 is 6.09 Å². The number of ether oxygens (including phenoxy) is 1. The summed E-state index contributed by atoms with van der Waals surface area (Å²) in [6.45, 7) is 0.193. The Kier molecular flexibility index (Phi) is 4.73. The smallest absolute Gasteiger partial charge is 0.413 e. The highest BCUT2D eigenvalue weighted by atomic mass is 79.9. The van der Waals surface area contributed by atoms with Crippen LogP contribution in [-0.2, 0) is 11.3 Å². The second-order valence-corrected chi connectivity index (χ2v) is 5.64. The molecule has 0 atom stereocenters. The maximum absolute atomic E-state index is 11.9. The van der Waals surface area contributed by atoms with Gasteiger partial charge >= 0.3 is 6.09 Å². The van der Waals surface area contributed by atoms with Crippen molar-refractivity contribution in [2.45, 2.75) is 6.61 Å². The van der Waals surface area contributed by atoms with E-state index in [1.165, 1.54) is 6.39 Å². The van der Waals surface area contributed by atoms with Crippen LogP contribution in [-0.4, -0.2) is 11.1 Å². The molecule has 0 bridgehead atoms. The number of amides is 1. The number of oxazole rings is 1. The topological polar surface area (TPSA) is 64.4 Å². The number of halogens is 1. The number of hydrogen-bond donors (Lipinski definition) is 1. The molecule has 0 aliphatic heterocycles. The van der Waals surface area contributed by atoms with Crippen molar-refractivity contribution < 1.29 is 13.9 Å². The molecule has 6 heteroatoms. The van der Waals surface area contributed by atoms with Crippen LogP contribution >= 0.6 is 15.9 Å². The molecule has 1 amide bonds. The van der Waals surface area contributed by atoms with E-state index in [1.807, 2.05) is 54.6 Å². The fourth-order valence-corrected chi connectivity index (χ4v) is 2.26. The number of nitrogens with zero attached hydrogens (tertiary/aromatic N) is 1. The first-order valence-electron chi connectivity index (χ1n) is 6.89. The minimum atomic E-state index is -0.582. The number of anilines is 1. The van der Waals surface area contributed by atoms with Gasteiger partial charge in [0.25, 0.3) is 0 Å². The Labute approximate surface area is 141 Å². The summed E-state index contributed by atoms with van der Waals surface area (Å²) in [7, 11) is 0. The Morgan fingerprint density at radius 3 is 2.61 bits per heavy atom. The van der Waals surface area contributed by atoms with Crippen LogP contribution in [0.1, 0.15) is 5.56 Å². The van der Waals surface area contributed by atoms with Gasteiger partial charge in [0.05, 0.1) is 0 Å². The van der Waals surface area contributed by atoms with E-state index in [9.17, 15) is 4.79 Å². The fraction of sp³-hybridized carbons (Fsp3) is 0.0588. The number of carbonyl (C=O) groups excluding carboxylic acids is 1. The maximum atomic E-state index is 11.9. The molecule has 0 unspecified atom stereocenters. The molecule has 0 aliphatic carbocycles. The minimum Gasteiger partial charge on any atom is -0.444 e. The van der Waals surface area contributed by atoms with E-state index >= 15 is 0 Å². The third-order valence-corrected chi connectivity index (χ3v) is 3.64. The molecule has 0 radical (unpaired) electrons. The molecule has 0 spiro atoms. The van der Waals surface area contributed by atoms with Crippen molar-refractivity contribution in [3.63, 3.8) is 0 Å². The zero-order valence-corrected chi connectivity index (χ0v) is 13.6. The number of carbonyl (C=O) groups is 1. The second kappa shape index (κ2) is 7.11. The van der Waals surface area contributed by atoms with Crippen LogP contribution in [0.25, 0.3) is 11.3 Å². The lowest BCUT2D eigenvalue weighted by Gasteiger charge is -2.06. The van der Waals surface area contributed by atoms with Crippen LogP contribution in [0.4, 0.5) is 10.6 Å². The lowest BCUT2D eigenvalue weighted by molar-refractivity contribution is 0.155. The van der Waals surface area contributed by atoms with E-state index in [4.69, 9.17) is 9.15 Å².